The summed E-state index contributed by atoms with van der Waals surface area (Å²) < 4.78 is 30.1. The smallest absolute Gasteiger partial charge is 0.336 e. The van der Waals surface area contributed by atoms with Gasteiger partial charge in [-0.25, -0.2) is 13.5 Å². The zero-order chi connectivity index (χ0) is 12.2. The number of aromatic nitrogens is 3. The van der Waals surface area contributed by atoms with Crippen LogP contribution in [0, 0.1) is 5.92 Å². The molecule has 1 rings (SSSR count). The molecule has 16 heavy (non-hydrogen) atoms. The SMILES string of the molecule is COc1n[nH]c(NS(=O)(=O)CCC(C)C)n1. The lowest BCUT2D eigenvalue weighted by molar-refractivity contribution is 0.382. The van der Waals surface area contributed by atoms with Crippen LogP contribution < -0.4 is 9.46 Å². The lowest BCUT2D eigenvalue weighted by Gasteiger charge is -2.06. The third-order valence-electron chi connectivity index (χ3n) is 1.86. The molecule has 1 heterocycles. The Labute approximate surface area is 94.7 Å². The highest BCUT2D eigenvalue weighted by molar-refractivity contribution is 7.92. The second-order valence-corrected chi connectivity index (χ2v) is 5.62. The Kier molecular flexibility index (Phi) is 4.11. The summed E-state index contributed by atoms with van der Waals surface area (Å²) in [5, 5.41) is 6.05. The Balaban J connectivity index is 2.58. The summed E-state index contributed by atoms with van der Waals surface area (Å²) in [6, 6.07) is 0.0987. The van der Waals surface area contributed by atoms with E-state index >= 15 is 0 Å². The number of H-pyrrole nitrogens is 1. The van der Waals surface area contributed by atoms with E-state index in [0.29, 0.717) is 12.3 Å². The van der Waals surface area contributed by atoms with E-state index in [9.17, 15) is 8.42 Å². The van der Waals surface area contributed by atoms with Gasteiger partial charge in [-0.05, 0) is 12.3 Å². The lowest BCUT2D eigenvalue weighted by Crippen LogP contribution is -2.18. The molecule has 0 atom stereocenters. The number of hydrogen-bond donors (Lipinski definition) is 2. The molecule has 7 nitrogen and oxygen atoms in total. The van der Waals surface area contributed by atoms with Gasteiger partial charge in [0.2, 0.25) is 16.0 Å². The van der Waals surface area contributed by atoms with Crippen molar-refractivity contribution in [1.82, 2.24) is 15.2 Å². The van der Waals surface area contributed by atoms with Gasteiger partial charge < -0.3 is 4.74 Å². The van der Waals surface area contributed by atoms with Gasteiger partial charge in [0.25, 0.3) is 0 Å². The molecule has 0 saturated heterocycles. The van der Waals surface area contributed by atoms with Gasteiger partial charge in [-0.3, -0.25) is 4.72 Å². The lowest BCUT2D eigenvalue weighted by atomic mass is 10.2. The van der Waals surface area contributed by atoms with E-state index in [1.165, 1.54) is 7.11 Å². The van der Waals surface area contributed by atoms with Crippen LogP contribution in [0.4, 0.5) is 5.95 Å². The largest absolute Gasteiger partial charge is 0.466 e. The van der Waals surface area contributed by atoms with Gasteiger partial charge >= 0.3 is 6.01 Å². The highest BCUT2D eigenvalue weighted by Gasteiger charge is 2.14. The molecule has 0 saturated carbocycles. The molecule has 0 unspecified atom stereocenters. The summed E-state index contributed by atoms with van der Waals surface area (Å²) in [6.45, 7) is 3.93. The molecule has 0 amide bonds. The fourth-order valence-electron chi connectivity index (χ4n) is 0.973. The van der Waals surface area contributed by atoms with Gasteiger partial charge in [0.1, 0.15) is 0 Å². The van der Waals surface area contributed by atoms with Crippen LogP contribution in [0.3, 0.4) is 0 Å². The number of methoxy groups -OCH3 is 1. The van der Waals surface area contributed by atoms with Crippen molar-refractivity contribution in [3.05, 3.63) is 0 Å². The highest BCUT2D eigenvalue weighted by atomic mass is 32.2. The topological polar surface area (TPSA) is 97.0 Å². The van der Waals surface area contributed by atoms with Crippen LogP contribution in [0.5, 0.6) is 6.01 Å². The van der Waals surface area contributed by atoms with E-state index in [1.54, 1.807) is 0 Å². The number of aromatic amines is 1. The summed E-state index contributed by atoms with van der Waals surface area (Å²) >= 11 is 0. The first-order chi connectivity index (χ1) is 7.43. The minimum atomic E-state index is -3.36. The maximum Gasteiger partial charge on any atom is 0.336 e. The third kappa shape index (κ3) is 4.05. The van der Waals surface area contributed by atoms with Crippen LogP contribution in [0.2, 0.25) is 0 Å². The van der Waals surface area contributed by atoms with E-state index < -0.39 is 10.0 Å². The second-order valence-electron chi connectivity index (χ2n) is 3.77. The average molecular weight is 248 g/mol. The van der Waals surface area contributed by atoms with Crippen molar-refractivity contribution in [2.45, 2.75) is 20.3 Å². The molecule has 0 aliphatic rings. The van der Waals surface area contributed by atoms with Crippen molar-refractivity contribution in [2.75, 3.05) is 17.6 Å². The van der Waals surface area contributed by atoms with Crippen molar-refractivity contribution < 1.29 is 13.2 Å². The Morgan fingerprint density at radius 2 is 2.19 bits per heavy atom. The van der Waals surface area contributed by atoms with E-state index in [4.69, 9.17) is 4.74 Å². The number of hydrogen-bond acceptors (Lipinski definition) is 5. The molecule has 0 fully saturated rings. The van der Waals surface area contributed by atoms with Gasteiger partial charge in [-0.2, -0.15) is 4.98 Å². The molecule has 1 aromatic rings. The van der Waals surface area contributed by atoms with Gasteiger partial charge in [-0.1, -0.05) is 13.8 Å². The van der Waals surface area contributed by atoms with Crippen LogP contribution in [0.1, 0.15) is 20.3 Å². The summed E-state index contributed by atoms with van der Waals surface area (Å²) in [7, 11) is -1.96. The molecule has 0 radical (unpaired) electrons. The van der Waals surface area contributed by atoms with E-state index in [2.05, 4.69) is 19.9 Å². The summed E-state index contributed by atoms with van der Waals surface area (Å²) in [6.07, 6.45) is 0.598. The van der Waals surface area contributed by atoms with E-state index in [1.807, 2.05) is 13.8 Å². The first-order valence-corrected chi connectivity index (χ1v) is 6.55. The Bertz CT molecular complexity index is 426. The molecular formula is C8H16N4O3S. The normalized spacial score (nSPS) is 11.8. The third-order valence-corrected chi connectivity index (χ3v) is 3.14. The van der Waals surface area contributed by atoms with Crippen LogP contribution >= 0.6 is 0 Å². The number of nitrogens with one attached hydrogen (secondary N) is 2. The second kappa shape index (κ2) is 5.15. The molecule has 0 aliphatic carbocycles. The van der Waals surface area contributed by atoms with Crippen molar-refractivity contribution in [3.8, 4) is 6.01 Å². The monoisotopic (exact) mass is 248 g/mol. The van der Waals surface area contributed by atoms with E-state index in [0.717, 1.165) is 0 Å². The van der Waals surface area contributed by atoms with Gasteiger partial charge in [-0.15, -0.1) is 5.10 Å². The van der Waals surface area contributed by atoms with Crippen LogP contribution in [0.15, 0.2) is 0 Å². The minimum Gasteiger partial charge on any atom is -0.466 e. The fraction of sp³-hybridized carbons (Fsp3) is 0.750. The first-order valence-electron chi connectivity index (χ1n) is 4.90. The van der Waals surface area contributed by atoms with Crippen molar-refractivity contribution >= 4 is 16.0 Å². The van der Waals surface area contributed by atoms with Crippen LogP contribution in [0.25, 0.3) is 0 Å². The van der Waals surface area contributed by atoms with Gasteiger partial charge in [0.05, 0.1) is 12.9 Å². The fourth-order valence-corrected chi connectivity index (χ4v) is 2.24. The quantitative estimate of drug-likeness (QED) is 0.768. The number of sulfonamides is 1. The molecular weight excluding hydrogens is 232 g/mol. The zero-order valence-corrected chi connectivity index (χ0v) is 10.3. The molecule has 2 N–H and O–H groups in total. The number of anilines is 1. The summed E-state index contributed by atoms with van der Waals surface area (Å²) in [4.78, 5) is 3.76. The summed E-state index contributed by atoms with van der Waals surface area (Å²) in [5.74, 6) is 0.467. The van der Waals surface area contributed by atoms with Crippen molar-refractivity contribution in [2.24, 2.45) is 5.92 Å². The molecule has 0 aromatic carbocycles. The predicted molar refractivity (Wildman–Crippen MR) is 59.8 cm³/mol. The van der Waals surface area contributed by atoms with Gasteiger partial charge in [0.15, 0.2) is 0 Å². The molecule has 0 bridgehead atoms. The Morgan fingerprint density at radius 3 is 2.69 bits per heavy atom. The molecule has 0 spiro atoms. The highest BCUT2D eigenvalue weighted by Crippen LogP contribution is 2.09. The number of rotatable bonds is 6. The Morgan fingerprint density at radius 1 is 1.50 bits per heavy atom. The number of ether oxygens (including phenoxy) is 1. The maximum atomic E-state index is 11.6. The van der Waals surface area contributed by atoms with Crippen molar-refractivity contribution in [3.63, 3.8) is 0 Å². The standard InChI is InChI=1S/C8H16N4O3S/c1-6(2)4-5-16(13,14)12-7-9-8(15-3)11-10-7/h6H,4-5H2,1-3H3,(H2,9,10,11,12). The summed E-state index contributed by atoms with van der Waals surface area (Å²) in [5.41, 5.74) is 0. The maximum absolute atomic E-state index is 11.6. The predicted octanol–water partition coefficient (Wildman–Crippen LogP) is 0.601. The average Bonchev–Trinajstić information content (AvgIpc) is 2.62. The van der Waals surface area contributed by atoms with E-state index in [-0.39, 0.29) is 17.7 Å². The first kappa shape index (κ1) is 12.8. The molecule has 0 aliphatic heterocycles. The molecule has 92 valence electrons. The van der Waals surface area contributed by atoms with Crippen LogP contribution in [-0.4, -0.2) is 36.5 Å². The number of nitrogens with zero attached hydrogens (tertiary/aromatic N) is 2. The molecule has 1 aromatic heterocycles. The molecule has 8 heteroatoms. The zero-order valence-electron chi connectivity index (χ0n) is 9.52. The van der Waals surface area contributed by atoms with Crippen molar-refractivity contribution in [1.29, 1.82) is 0 Å². The Hall–Kier alpha value is -1.31. The van der Waals surface area contributed by atoms with Gasteiger partial charge in [0, 0.05) is 0 Å². The minimum absolute atomic E-state index is 0.0632. The van der Waals surface area contributed by atoms with Crippen LogP contribution in [-0.2, 0) is 10.0 Å².